The Morgan fingerprint density at radius 2 is 2.40 bits per heavy atom. The average Bonchev–Trinajstić information content (AvgIpc) is 2.60. The van der Waals surface area contributed by atoms with Gasteiger partial charge < -0.3 is 14.5 Å². The Bertz CT molecular complexity index is 292. The first-order chi connectivity index (χ1) is 7.38. The molecule has 0 atom stereocenters. The van der Waals surface area contributed by atoms with Crippen LogP contribution in [0.3, 0.4) is 0 Å². The van der Waals surface area contributed by atoms with E-state index in [0.717, 1.165) is 18.8 Å². The molecule has 1 N–H and O–H groups in total. The highest BCUT2D eigenvalue weighted by atomic mass is 16.5. The van der Waals surface area contributed by atoms with Gasteiger partial charge in [0, 0.05) is 12.1 Å². The van der Waals surface area contributed by atoms with Crippen LogP contribution in [-0.4, -0.2) is 12.6 Å². The molecule has 15 heavy (non-hydrogen) atoms. The maximum Gasteiger partial charge on any atom is 0.129 e. The molecule has 0 saturated heterocycles. The third kappa shape index (κ3) is 3.08. The molecule has 0 radical (unpaired) electrons. The molecule has 84 valence electrons. The van der Waals surface area contributed by atoms with Crippen LogP contribution in [-0.2, 0) is 17.9 Å². The van der Waals surface area contributed by atoms with Crippen molar-refractivity contribution in [3.63, 3.8) is 0 Å². The van der Waals surface area contributed by atoms with E-state index in [1.807, 2.05) is 6.26 Å². The molecule has 3 nitrogen and oxygen atoms in total. The number of hydrogen-bond acceptors (Lipinski definition) is 3. The highest BCUT2D eigenvalue weighted by molar-refractivity contribution is 5.12. The van der Waals surface area contributed by atoms with E-state index in [9.17, 15) is 0 Å². The van der Waals surface area contributed by atoms with Crippen molar-refractivity contribution in [3.8, 4) is 0 Å². The van der Waals surface area contributed by atoms with Gasteiger partial charge in [-0.1, -0.05) is 6.92 Å². The molecule has 1 saturated carbocycles. The topological polar surface area (TPSA) is 34.4 Å². The maximum atomic E-state index is 5.67. The van der Waals surface area contributed by atoms with E-state index in [1.54, 1.807) is 0 Å². The summed E-state index contributed by atoms with van der Waals surface area (Å²) in [4.78, 5) is 0. The van der Waals surface area contributed by atoms with E-state index in [0.29, 0.717) is 12.7 Å². The second kappa shape index (κ2) is 5.33. The Balaban J connectivity index is 1.73. The molecule has 2 rings (SSSR count). The van der Waals surface area contributed by atoms with Gasteiger partial charge in [0.05, 0.1) is 12.4 Å². The molecule has 0 aromatic carbocycles. The van der Waals surface area contributed by atoms with Crippen LogP contribution in [0.1, 0.15) is 37.5 Å². The smallest absolute Gasteiger partial charge is 0.129 e. The van der Waals surface area contributed by atoms with Crippen LogP contribution in [0, 0.1) is 0 Å². The Morgan fingerprint density at radius 1 is 1.53 bits per heavy atom. The van der Waals surface area contributed by atoms with Gasteiger partial charge in [0.2, 0.25) is 0 Å². The number of nitrogens with one attached hydrogen (secondary N) is 1. The summed E-state index contributed by atoms with van der Waals surface area (Å²) in [5, 5.41) is 3.26. The van der Waals surface area contributed by atoms with Crippen molar-refractivity contribution < 1.29 is 9.15 Å². The first-order valence-electron chi connectivity index (χ1n) is 5.77. The molecule has 0 aliphatic heterocycles. The average molecular weight is 209 g/mol. The van der Waals surface area contributed by atoms with Crippen molar-refractivity contribution in [2.75, 3.05) is 6.54 Å². The third-order valence-electron chi connectivity index (χ3n) is 2.80. The maximum absolute atomic E-state index is 5.67. The van der Waals surface area contributed by atoms with E-state index >= 15 is 0 Å². The van der Waals surface area contributed by atoms with Crippen molar-refractivity contribution in [2.24, 2.45) is 0 Å². The van der Waals surface area contributed by atoms with Gasteiger partial charge in [0.1, 0.15) is 12.4 Å². The predicted molar refractivity (Wildman–Crippen MR) is 58.5 cm³/mol. The van der Waals surface area contributed by atoms with Crippen molar-refractivity contribution in [1.29, 1.82) is 0 Å². The molecule has 1 fully saturated rings. The Kier molecular flexibility index (Phi) is 3.80. The second-order valence-electron chi connectivity index (χ2n) is 4.07. The Labute approximate surface area is 90.8 Å². The molecule has 1 aliphatic carbocycles. The van der Waals surface area contributed by atoms with Gasteiger partial charge in [-0.3, -0.25) is 0 Å². The van der Waals surface area contributed by atoms with Gasteiger partial charge in [-0.25, -0.2) is 0 Å². The van der Waals surface area contributed by atoms with Crippen LogP contribution < -0.4 is 5.32 Å². The minimum absolute atomic E-state index is 0.479. The molecular weight excluding hydrogens is 190 g/mol. The van der Waals surface area contributed by atoms with E-state index in [2.05, 4.69) is 18.3 Å². The van der Waals surface area contributed by atoms with E-state index in [1.165, 1.54) is 24.8 Å². The summed E-state index contributed by atoms with van der Waals surface area (Å²) in [6, 6.07) is 2.07. The molecule has 1 aromatic heterocycles. The second-order valence-corrected chi connectivity index (χ2v) is 4.07. The van der Waals surface area contributed by atoms with Gasteiger partial charge in [0.25, 0.3) is 0 Å². The van der Waals surface area contributed by atoms with Crippen LogP contribution in [0.5, 0.6) is 0 Å². The third-order valence-corrected chi connectivity index (χ3v) is 2.80. The predicted octanol–water partition coefficient (Wildman–Crippen LogP) is 2.46. The lowest BCUT2D eigenvalue weighted by atomic mass is 9.96. The number of furan rings is 1. The van der Waals surface area contributed by atoms with Crippen molar-refractivity contribution in [2.45, 2.75) is 45.4 Å². The molecule has 1 aliphatic rings. The lowest BCUT2D eigenvalue weighted by Gasteiger charge is -2.24. The Hall–Kier alpha value is -0.800. The van der Waals surface area contributed by atoms with Crippen LogP contribution in [0.15, 0.2) is 16.7 Å². The van der Waals surface area contributed by atoms with Crippen LogP contribution >= 0.6 is 0 Å². The van der Waals surface area contributed by atoms with Crippen molar-refractivity contribution in [1.82, 2.24) is 5.32 Å². The minimum atomic E-state index is 0.479. The van der Waals surface area contributed by atoms with Gasteiger partial charge in [-0.2, -0.15) is 0 Å². The summed E-state index contributed by atoms with van der Waals surface area (Å²) in [7, 11) is 0. The number of rotatable bonds is 6. The number of ether oxygens (including phenoxy) is 1. The normalized spacial score (nSPS) is 16.6. The summed E-state index contributed by atoms with van der Waals surface area (Å²) in [6.07, 6.45) is 6.03. The summed E-state index contributed by atoms with van der Waals surface area (Å²) in [6.45, 7) is 4.58. The zero-order valence-corrected chi connectivity index (χ0v) is 9.29. The fourth-order valence-electron chi connectivity index (χ4n) is 1.60. The fourth-order valence-corrected chi connectivity index (χ4v) is 1.60. The molecule has 1 heterocycles. The number of hydrogen-bond donors (Lipinski definition) is 1. The molecular formula is C12H19NO2. The summed E-state index contributed by atoms with van der Waals surface area (Å²) >= 11 is 0. The van der Waals surface area contributed by atoms with E-state index in [4.69, 9.17) is 9.15 Å². The molecule has 0 unspecified atom stereocenters. The van der Waals surface area contributed by atoms with Crippen LogP contribution in [0.2, 0.25) is 0 Å². The molecule has 0 spiro atoms. The quantitative estimate of drug-likeness (QED) is 0.781. The standard InChI is InChI=1S/C12H19NO2/c1-2-13-7-10-6-12(14-8-10)9-15-11-4-3-5-11/h6,8,11,13H,2-5,7,9H2,1H3. The zero-order valence-electron chi connectivity index (χ0n) is 9.29. The van der Waals surface area contributed by atoms with E-state index in [-0.39, 0.29) is 0 Å². The van der Waals surface area contributed by atoms with Gasteiger partial charge in [-0.05, 0) is 31.9 Å². The van der Waals surface area contributed by atoms with Crippen LogP contribution in [0.25, 0.3) is 0 Å². The highest BCUT2D eigenvalue weighted by Gasteiger charge is 2.18. The van der Waals surface area contributed by atoms with E-state index < -0.39 is 0 Å². The van der Waals surface area contributed by atoms with Crippen molar-refractivity contribution in [3.05, 3.63) is 23.7 Å². The monoisotopic (exact) mass is 209 g/mol. The van der Waals surface area contributed by atoms with Gasteiger partial charge >= 0.3 is 0 Å². The first-order valence-corrected chi connectivity index (χ1v) is 5.77. The molecule has 0 amide bonds. The SMILES string of the molecule is CCNCc1coc(COC2CCC2)c1. The molecule has 3 heteroatoms. The summed E-state index contributed by atoms with van der Waals surface area (Å²) < 4.78 is 11.1. The summed E-state index contributed by atoms with van der Waals surface area (Å²) in [5.41, 5.74) is 1.20. The van der Waals surface area contributed by atoms with Gasteiger partial charge in [-0.15, -0.1) is 0 Å². The highest BCUT2D eigenvalue weighted by Crippen LogP contribution is 2.23. The first kappa shape index (κ1) is 10.7. The lowest BCUT2D eigenvalue weighted by molar-refractivity contribution is -0.0157. The molecule has 0 bridgehead atoms. The Morgan fingerprint density at radius 3 is 3.07 bits per heavy atom. The van der Waals surface area contributed by atoms with Crippen LogP contribution in [0.4, 0.5) is 0 Å². The largest absolute Gasteiger partial charge is 0.467 e. The van der Waals surface area contributed by atoms with Crippen molar-refractivity contribution >= 4 is 0 Å². The lowest BCUT2D eigenvalue weighted by Crippen LogP contribution is -2.20. The summed E-state index contributed by atoms with van der Waals surface area (Å²) in [5.74, 6) is 0.940. The zero-order chi connectivity index (χ0) is 10.5. The van der Waals surface area contributed by atoms with Gasteiger partial charge in [0.15, 0.2) is 0 Å². The molecule has 1 aromatic rings. The minimum Gasteiger partial charge on any atom is -0.467 e. The fraction of sp³-hybridized carbons (Fsp3) is 0.667.